The second-order valence-corrected chi connectivity index (χ2v) is 11.0. The Hall–Kier alpha value is -0.510. The zero-order valence-electron chi connectivity index (χ0n) is 17.0. The lowest BCUT2D eigenvalue weighted by molar-refractivity contribution is -0.137. The first-order valence-electron chi connectivity index (χ1n) is 10.2. The van der Waals surface area contributed by atoms with Crippen molar-refractivity contribution in [2.75, 3.05) is 7.11 Å². The van der Waals surface area contributed by atoms with Crippen molar-refractivity contribution >= 4 is 49.2 Å². The average molecular weight is 566 g/mol. The van der Waals surface area contributed by atoms with Crippen molar-refractivity contribution in [2.24, 2.45) is 11.8 Å². The van der Waals surface area contributed by atoms with E-state index in [1.165, 1.54) is 4.88 Å². The molecule has 1 aromatic heterocycles. The van der Waals surface area contributed by atoms with Gasteiger partial charge in [0.05, 0.1) is 22.1 Å². The minimum Gasteiger partial charge on any atom is -0.481 e. The van der Waals surface area contributed by atoms with Gasteiger partial charge < -0.3 is 20.1 Å². The summed E-state index contributed by atoms with van der Waals surface area (Å²) >= 11 is 8.78. The number of aliphatic hydroxyl groups excluding tert-OH is 2. The van der Waals surface area contributed by atoms with Gasteiger partial charge in [0, 0.05) is 35.2 Å². The number of carbonyl (C=O) groups is 1. The van der Waals surface area contributed by atoms with Crippen LogP contribution < -0.4 is 0 Å². The molecule has 0 amide bonds. The fourth-order valence-corrected chi connectivity index (χ4v) is 6.55. The first-order valence-corrected chi connectivity index (χ1v) is 12.6. The molecule has 5 atom stereocenters. The lowest BCUT2D eigenvalue weighted by Crippen LogP contribution is -2.20. The Morgan fingerprint density at radius 1 is 1.33 bits per heavy atom. The van der Waals surface area contributed by atoms with E-state index in [0.29, 0.717) is 25.7 Å². The first kappa shape index (κ1) is 25.7. The van der Waals surface area contributed by atoms with Crippen LogP contribution in [0.2, 0.25) is 0 Å². The van der Waals surface area contributed by atoms with Crippen molar-refractivity contribution in [3.63, 3.8) is 0 Å². The SMILES string of the molecule is COC(C=C[C@H]1C(O)CC(O)[C@@H]1CC=CCCCC(=O)O)CCc1sc(Br)cc1Br. The molecule has 1 fully saturated rings. The van der Waals surface area contributed by atoms with Gasteiger partial charge in [-0.05, 0) is 75.9 Å². The third-order valence-electron chi connectivity index (χ3n) is 5.49. The minimum atomic E-state index is -0.783. The van der Waals surface area contributed by atoms with E-state index in [1.807, 2.05) is 30.4 Å². The van der Waals surface area contributed by atoms with Gasteiger partial charge in [0.1, 0.15) is 0 Å². The molecule has 168 valence electrons. The number of aliphatic hydroxyl groups is 2. The lowest BCUT2D eigenvalue weighted by Gasteiger charge is -2.20. The van der Waals surface area contributed by atoms with E-state index < -0.39 is 18.2 Å². The number of carboxylic acid groups (broad SMARTS) is 1. The summed E-state index contributed by atoms with van der Waals surface area (Å²) in [6.45, 7) is 0. The molecule has 0 aliphatic heterocycles. The van der Waals surface area contributed by atoms with E-state index in [9.17, 15) is 15.0 Å². The Bertz CT molecular complexity index is 733. The summed E-state index contributed by atoms with van der Waals surface area (Å²) in [7, 11) is 1.69. The Labute approximate surface area is 199 Å². The number of carboxylic acids is 1. The van der Waals surface area contributed by atoms with E-state index in [1.54, 1.807) is 18.4 Å². The summed E-state index contributed by atoms with van der Waals surface area (Å²) in [5.41, 5.74) is 0. The number of methoxy groups -OCH3 is 1. The van der Waals surface area contributed by atoms with Crippen LogP contribution in [0.5, 0.6) is 0 Å². The summed E-state index contributed by atoms with van der Waals surface area (Å²) in [6, 6.07) is 2.05. The molecule has 1 heterocycles. The fraction of sp³-hybridized carbons (Fsp3) is 0.591. The third kappa shape index (κ3) is 8.20. The second kappa shape index (κ2) is 13.1. The maximum absolute atomic E-state index is 10.6. The molecule has 0 radical (unpaired) electrons. The normalized spacial score (nSPS) is 25.5. The van der Waals surface area contributed by atoms with Gasteiger partial charge >= 0.3 is 5.97 Å². The zero-order valence-corrected chi connectivity index (χ0v) is 21.0. The number of aryl methyl sites for hydroxylation is 1. The highest BCUT2D eigenvalue weighted by atomic mass is 79.9. The van der Waals surface area contributed by atoms with E-state index in [0.717, 1.165) is 21.1 Å². The third-order valence-corrected chi connectivity index (χ3v) is 8.15. The molecule has 0 bridgehead atoms. The molecule has 0 saturated heterocycles. The van der Waals surface area contributed by atoms with Crippen LogP contribution in [-0.4, -0.2) is 46.7 Å². The summed E-state index contributed by atoms with van der Waals surface area (Å²) < 4.78 is 7.80. The molecule has 3 N–H and O–H groups in total. The quantitative estimate of drug-likeness (QED) is 0.235. The van der Waals surface area contributed by atoms with Crippen molar-refractivity contribution < 1.29 is 24.9 Å². The highest BCUT2D eigenvalue weighted by Crippen LogP contribution is 2.37. The van der Waals surface area contributed by atoms with Gasteiger partial charge in [-0.25, -0.2) is 0 Å². The Morgan fingerprint density at radius 3 is 2.73 bits per heavy atom. The predicted octanol–water partition coefficient (Wildman–Crippen LogP) is 5.34. The van der Waals surface area contributed by atoms with Gasteiger partial charge in [-0.3, -0.25) is 4.79 Å². The molecule has 0 spiro atoms. The highest BCUT2D eigenvalue weighted by Gasteiger charge is 2.39. The highest BCUT2D eigenvalue weighted by molar-refractivity contribution is 9.11. The van der Waals surface area contributed by atoms with Gasteiger partial charge in [0.25, 0.3) is 0 Å². The number of ether oxygens (including phenoxy) is 1. The van der Waals surface area contributed by atoms with E-state index in [4.69, 9.17) is 9.84 Å². The topological polar surface area (TPSA) is 87.0 Å². The van der Waals surface area contributed by atoms with Crippen molar-refractivity contribution in [3.05, 3.63) is 43.5 Å². The molecular weight excluding hydrogens is 536 g/mol. The van der Waals surface area contributed by atoms with Gasteiger partial charge in [0.2, 0.25) is 0 Å². The number of thiophene rings is 1. The molecule has 8 heteroatoms. The number of aliphatic carboxylic acids is 1. The monoisotopic (exact) mass is 564 g/mol. The molecule has 2 rings (SSSR count). The largest absolute Gasteiger partial charge is 0.481 e. The van der Waals surface area contributed by atoms with E-state index >= 15 is 0 Å². The standard InChI is InChI=1S/C22H30Br2O5S/c1-29-14(9-11-20-17(23)12-21(24)30-20)8-10-16-15(18(25)13-19(16)26)6-4-2-3-5-7-22(27)28/h2,4,8,10,12,14-16,18-19,25-26H,3,5-7,9,11,13H2,1H3,(H,27,28)/t14?,15-,16-,18?,19?/m1/s1. The summed E-state index contributed by atoms with van der Waals surface area (Å²) in [5, 5.41) is 29.5. The molecule has 3 unspecified atom stereocenters. The smallest absolute Gasteiger partial charge is 0.303 e. The van der Waals surface area contributed by atoms with Gasteiger partial charge in [0.15, 0.2) is 0 Å². The summed E-state index contributed by atoms with van der Waals surface area (Å²) in [6.07, 6.45) is 11.0. The van der Waals surface area contributed by atoms with Crippen molar-refractivity contribution in [2.45, 2.75) is 63.3 Å². The predicted molar refractivity (Wildman–Crippen MR) is 127 cm³/mol. The lowest BCUT2D eigenvalue weighted by atomic mass is 9.89. The Balaban J connectivity index is 1.89. The summed E-state index contributed by atoms with van der Waals surface area (Å²) in [4.78, 5) is 11.8. The Morgan fingerprint density at radius 2 is 2.10 bits per heavy atom. The van der Waals surface area contributed by atoms with Crippen LogP contribution in [0.4, 0.5) is 0 Å². The summed E-state index contributed by atoms with van der Waals surface area (Å²) in [5.74, 6) is -0.953. The van der Waals surface area contributed by atoms with E-state index in [-0.39, 0.29) is 24.4 Å². The van der Waals surface area contributed by atoms with Crippen LogP contribution in [0.15, 0.2) is 38.6 Å². The van der Waals surface area contributed by atoms with Crippen molar-refractivity contribution in [1.82, 2.24) is 0 Å². The molecule has 1 aromatic rings. The number of hydrogen-bond acceptors (Lipinski definition) is 5. The van der Waals surface area contributed by atoms with Crippen LogP contribution in [-0.2, 0) is 16.0 Å². The van der Waals surface area contributed by atoms with Crippen LogP contribution in [0.3, 0.4) is 0 Å². The van der Waals surface area contributed by atoms with Crippen LogP contribution in [0.25, 0.3) is 0 Å². The van der Waals surface area contributed by atoms with Crippen LogP contribution >= 0.6 is 43.2 Å². The fourth-order valence-electron chi connectivity index (χ4n) is 3.81. The minimum absolute atomic E-state index is 0.0492. The van der Waals surface area contributed by atoms with Crippen molar-refractivity contribution in [3.8, 4) is 0 Å². The maximum atomic E-state index is 10.6. The van der Waals surface area contributed by atoms with Gasteiger partial charge in [-0.1, -0.05) is 24.3 Å². The molecule has 5 nitrogen and oxygen atoms in total. The first-order chi connectivity index (χ1) is 14.3. The molecular formula is C22H30Br2O5S. The molecule has 30 heavy (non-hydrogen) atoms. The Kier molecular flexibility index (Phi) is 11.3. The van der Waals surface area contributed by atoms with Gasteiger partial charge in [-0.2, -0.15) is 0 Å². The van der Waals surface area contributed by atoms with E-state index in [2.05, 4.69) is 31.9 Å². The average Bonchev–Trinajstić information content (AvgIpc) is 3.15. The zero-order chi connectivity index (χ0) is 22.1. The molecule has 1 aliphatic rings. The number of rotatable bonds is 12. The van der Waals surface area contributed by atoms with Crippen LogP contribution in [0.1, 0.15) is 43.4 Å². The van der Waals surface area contributed by atoms with Gasteiger partial charge in [-0.15, -0.1) is 11.3 Å². The second-order valence-electron chi connectivity index (χ2n) is 7.62. The maximum Gasteiger partial charge on any atom is 0.303 e. The van der Waals surface area contributed by atoms with Crippen LogP contribution in [0, 0.1) is 11.8 Å². The molecule has 1 aliphatic carbocycles. The number of unbranched alkanes of at least 4 members (excludes halogenated alkanes) is 1. The number of allylic oxidation sites excluding steroid dienone is 2. The molecule has 0 aromatic carbocycles. The number of halogens is 2. The van der Waals surface area contributed by atoms with Crippen molar-refractivity contribution in [1.29, 1.82) is 0 Å². The number of hydrogen-bond donors (Lipinski definition) is 3. The molecule has 1 saturated carbocycles.